The number of hydrogen-bond donors (Lipinski definition) is 1. The van der Waals surface area contributed by atoms with E-state index in [1.165, 1.54) is 38.6 Å². The van der Waals surface area contributed by atoms with Gasteiger partial charge in [-0.1, -0.05) is 20.8 Å². The third kappa shape index (κ3) is 3.32. The first-order valence-electron chi connectivity index (χ1n) is 8.26. The Labute approximate surface area is 119 Å². The summed E-state index contributed by atoms with van der Waals surface area (Å²) >= 11 is 0. The van der Waals surface area contributed by atoms with E-state index in [0.717, 1.165) is 19.2 Å². The number of nitrogens with zero attached hydrogens (tertiary/aromatic N) is 1. The van der Waals surface area contributed by atoms with Crippen molar-refractivity contribution in [2.24, 2.45) is 0 Å². The number of hydrogen-bond acceptors (Lipinski definition) is 3. The molecule has 3 nitrogen and oxygen atoms in total. The number of rotatable bonds is 4. The van der Waals surface area contributed by atoms with Crippen LogP contribution < -0.4 is 5.32 Å². The van der Waals surface area contributed by atoms with Crippen molar-refractivity contribution in [3.63, 3.8) is 0 Å². The minimum absolute atomic E-state index is 0.340. The van der Waals surface area contributed by atoms with Crippen LogP contribution in [-0.4, -0.2) is 48.3 Å². The van der Waals surface area contributed by atoms with E-state index in [2.05, 4.69) is 37.9 Å². The van der Waals surface area contributed by atoms with E-state index >= 15 is 0 Å². The van der Waals surface area contributed by atoms with Crippen LogP contribution in [0.25, 0.3) is 0 Å². The molecule has 3 heteroatoms. The van der Waals surface area contributed by atoms with Crippen LogP contribution in [0.3, 0.4) is 0 Å². The minimum Gasteiger partial charge on any atom is -0.378 e. The molecule has 0 aromatic rings. The van der Waals surface area contributed by atoms with E-state index in [4.69, 9.17) is 4.74 Å². The van der Waals surface area contributed by atoms with Crippen molar-refractivity contribution in [3.05, 3.63) is 0 Å². The summed E-state index contributed by atoms with van der Waals surface area (Å²) in [5.41, 5.74) is 0.340. The minimum atomic E-state index is 0.340. The van der Waals surface area contributed by atoms with Crippen molar-refractivity contribution in [2.75, 3.05) is 19.7 Å². The highest BCUT2D eigenvalue weighted by molar-refractivity contribution is 4.99. The van der Waals surface area contributed by atoms with Gasteiger partial charge >= 0.3 is 0 Å². The predicted octanol–water partition coefficient (Wildman–Crippen LogP) is 2.80. The zero-order chi connectivity index (χ0) is 13.9. The Morgan fingerprint density at radius 1 is 1.26 bits per heavy atom. The first kappa shape index (κ1) is 15.3. The normalized spacial score (nSPS) is 36.3. The van der Waals surface area contributed by atoms with Crippen LogP contribution in [-0.2, 0) is 4.74 Å². The quantitative estimate of drug-likeness (QED) is 0.848. The highest BCUT2D eigenvalue weighted by Gasteiger charge is 2.39. The van der Waals surface area contributed by atoms with Gasteiger partial charge in [0.05, 0.1) is 6.10 Å². The second kappa shape index (κ2) is 6.55. The van der Waals surface area contributed by atoms with Crippen molar-refractivity contribution in [1.29, 1.82) is 0 Å². The van der Waals surface area contributed by atoms with E-state index in [1.807, 2.05) is 0 Å². The van der Waals surface area contributed by atoms with Gasteiger partial charge in [-0.3, -0.25) is 4.90 Å². The molecule has 112 valence electrons. The maximum Gasteiger partial charge on any atom is 0.0561 e. The van der Waals surface area contributed by atoms with Gasteiger partial charge in [-0.05, 0) is 39.0 Å². The Balaban J connectivity index is 2.08. The molecule has 0 radical (unpaired) electrons. The summed E-state index contributed by atoms with van der Waals surface area (Å²) in [6, 6.07) is 1.44. The lowest BCUT2D eigenvalue weighted by Crippen LogP contribution is -2.66. The van der Waals surface area contributed by atoms with Gasteiger partial charge in [-0.15, -0.1) is 0 Å². The average Bonchev–Trinajstić information content (AvgIpc) is 2.46. The molecule has 0 spiro atoms. The largest absolute Gasteiger partial charge is 0.378 e. The lowest BCUT2D eigenvalue weighted by Gasteiger charge is -2.51. The summed E-state index contributed by atoms with van der Waals surface area (Å²) in [6.45, 7) is 12.5. The zero-order valence-corrected chi connectivity index (χ0v) is 13.2. The molecule has 19 heavy (non-hydrogen) atoms. The molecule has 3 atom stereocenters. The maximum atomic E-state index is 5.73. The van der Waals surface area contributed by atoms with Crippen LogP contribution >= 0.6 is 0 Å². The third-order valence-electron chi connectivity index (χ3n) is 5.42. The van der Waals surface area contributed by atoms with Crippen LogP contribution in [0.4, 0.5) is 0 Å². The monoisotopic (exact) mass is 268 g/mol. The summed E-state index contributed by atoms with van der Waals surface area (Å²) in [4.78, 5) is 2.81. The molecular formula is C16H32N2O. The van der Waals surface area contributed by atoms with Crippen LogP contribution in [0.15, 0.2) is 0 Å². The Hall–Kier alpha value is -0.120. The fraction of sp³-hybridized carbons (Fsp3) is 1.00. The molecule has 0 amide bonds. The van der Waals surface area contributed by atoms with Crippen LogP contribution in [0.2, 0.25) is 0 Å². The number of piperazine rings is 1. The van der Waals surface area contributed by atoms with Crippen LogP contribution in [0.5, 0.6) is 0 Å². The van der Waals surface area contributed by atoms with Gasteiger partial charge in [0.25, 0.3) is 0 Å². The molecule has 1 N–H and O–H groups in total. The van der Waals surface area contributed by atoms with Crippen molar-refractivity contribution < 1.29 is 4.74 Å². The van der Waals surface area contributed by atoms with Crippen LogP contribution in [0.1, 0.15) is 59.8 Å². The smallest absolute Gasteiger partial charge is 0.0561 e. The lowest BCUT2D eigenvalue weighted by atomic mass is 9.86. The van der Waals surface area contributed by atoms with Crippen molar-refractivity contribution >= 4 is 0 Å². The highest BCUT2D eigenvalue weighted by Crippen LogP contribution is 2.29. The van der Waals surface area contributed by atoms with Gasteiger partial charge in [0.15, 0.2) is 0 Å². The lowest BCUT2D eigenvalue weighted by molar-refractivity contribution is -0.0494. The Morgan fingerprint density at radius 3 is 2.58 bits per heavy atom. The maximum absolute atomic E-state index is 5.73. The summed E-state index contributed by atoms with van der Waals surface area (Å²) in [5.74, 6) is 0. The molecule has 2 rings (SSSR count). The summed E-state index contributed by atoms with van der Waals surface area (Å²) in [6.07, 6.45) is 6.57. The molecular weight excluding hydrogens is 236 g/mol. The number of ether oxygens (including phenoxy) is 1. The fourth-order valence-electron chi connectivity index (χ4n) is 3.79. The van der Waals surface area contributed by atoms with Gasteiger partial charge in [-0.2, -0.15) is 0 Å². The average molecular weight is 268 g/mol. The van der Waals surface area contributed by atoms with Gasteiger partial charge in [0.1, 0.15) is 0 Å². The molecule has 2 fully saturated rings. The van der Waals surface area contributed by atoms with Gasteiger partial charge < -0.3 is 10.1 Å². The van der Waals surface area contributed by atoms with E-state index in [9.17, 15) is 0 Å². The van der Waals surface area contributed by atoms with Gasteiger partial charge in [-0.25, -0.2) is 0 Å². The number of nitrogens with one attached hydrogen (secondary N) is 1. The van der Waals surface area contributed by atoms with E-state index < -0.39 is 0 Å². The van der Waals surface area contributed by atoms with E-state index in [1.54, 1.807) is 0 Å². The highest BCUT2D eigenvalue weighted by atomic mass is 16.5. The summed E-state index contributed by atoms with van der Waals surface area (Å²) in [7, 11) is 0. The molecule has 2 aliphatic rings. The van der Waals surface area contributed by atoms with Gasteiger partial charge in [0.2, 0.25) is 0 Å². The van der Waals surface area contributed by atoms with Crippen LogP contribution in [0, 0.1) is 0 Å². The Morgan fingerprint density at radius 2 is 2.00 bits per heavy atom. The van der Waals surface area contributed by atoms with Crippen molar-refractivity contribution in [2.45, 2.75) is 83.5 Å². The van der Waals surface area contributed by atoms with Crippen molar-refractivity contribution in [3.8, 4) is 0 Å². The molecule has 2 saturated heterocycles. The Kier molecular flexibility index (Phi) is 5.27. The van der Waals surface area contributed by atoms with Gasteiger partial charge in [0, 0.05) is 37.3 Å². The van der Waals surface area contributed by atoms with E-state index in [0.29, 0.717) is 17.7 Å². The second-order valence-corrected chi connectivity index (χ2v) is 6.46. The predicted molar refractivity (Wildman–Crippen MR) is 80.5 cm³/mol. The van der Waals surface area contributed by atoms with E-state index in [-0.39, 0.29) is 0 Å². The molecule has 0 aromatic heterocycles. The fourth-order valence-corrected chi connectivity index (χ4v) is 3.79. The first-order valence-corrected chi connectivity index (χ1v) is 8.26. The summed E-state index contributed by atoms with van der Waals surface area (Å²) < 4.78 is 5.73. The molecule has 0 aliphatic carbocycles. The van der Waals surface area contributed by atoms with Crippen molar-refractivity contribution in [1.82, 2.24) is 10.2 Å². The topological polar surface area (TPSA) is 24.5 Å². The third-order valence-corrected chi connectivity index (χ3v) is 5.42. The summed E-state index contributed by atoms with van der Waals surface area (Å²) in [5, 5.41) is 3.84. The molecule has 0 saturated carbocycles. The molecule has 2 aliphatic heterocycles. The Bertz CT molecular complexity index is 278. The molecule has 0 aromatic carbocycles. The standard InChI is InChI=1S/C16H32N2O/c1-5-14-11-17-16(6-2,7-3)12-18(14)15-8-9-19-13(4)10-15/h13-15,17H,5-12H2,1-4H3. The zero-order valence-electron chi connectivity index (χ0n) is 13.2. The molecule has 3 unspecified atom stereocenters. The second-order valence-electron chi connectivity index (χ2n) is 6.46. The first-order chi connectivity index (χ1) is 9.14. The SMILES string of the molecule is CCC1CNC(CC)(CC)CN1C1CCOC(C)C1. The molecule has 0 bridgehead atoms. The molecule has 2 heterocycles.